The van der Waals surface area contributed by atoms with Crippen LogP contribution in [-0.2, 0) is 14.6 Å². The molecule has 0 bridgehead atoms. The molecule has 1 aromatic carbocycles. The second-order valence-corrected chi connectivity index (χ2v) is 8.58. The van der Waals surface area contributed by atoms with Gasteiger partial charge in [0.1, 0.15) is 30.2 Å². The van der Waals surface area contributed by atoms with Gasteiger partial charge in [-0.3, -0.25) is 4.57 Å². The van der Waals surface area contributed by atoms with Crippen molar-refractivity contribution < 1.29 is 23.4 Å². The molecular formula is C18H19N5O5S. The van der Waals surface area contributed by atoms with Gasteiger partial charge in [0.15, 0.2) is 27.5 Å². The second-order valence-electron chi connectivity index (χ2n) is 6.74. The Morgan fingerprint density at radius 3 is 2.59 bits per heavy atom. The van der Waals surface area contributed by atoms with E-state index in [1.807, 2.05) is 6.92 Å². The fourth-order valence-electron chi connectivity index (χ4n) is 3.12. The first-order valence-electron chi connectivity index (χ1n) is 8.72. The van der Waals surface area contributed by atoms with E-state index in [9.17, 15) is 18.6 Å². The number of rotatable bonds is 4. The molecule has 11 heteroatoms. The number of nitrogen functional groups attached to an aromatic ring is 1. The number of sulfone groups is 1. The Morgan fingerprint density at radius 1 is 1.14 bits per heavy atom. The van der Waals surface area contributed by atoms with Gasteiger partial charge in [0.25, 0.3) is 0 Å². The number of anilines is 1. The first-order valence-corrected chi connectivity index (χ1v) is 10.3. The molecule has 1 aliphatic rings. The van der Waals surface area contributed by atoms with E-state index in [0.29, 0.717) is 11.2 Å². The van der Waals surface area contributed by atoms with Crippen molar-refractivity contribution in [3.63, 3.8) is 0 Å². The molecule has 2 aromatic heterocycles. The minimum atomic E-state index is -3.73. The zero-order valence-corrected chi connectivity index (χ0v) is 16.1. The van der Waals surface area contributed by atoms with Crippen LogP contribution in [0.1, 0.15) is 11.8 Å². The Labute approximate surface area is 166 Å². The number of ether oxygens (including phenoxy) is 1. The van der Waals surface area contributed by atoms with Gasteiger partial charge in [-0.25, -0.2) is 23.4 Å². The minimum Gasteiger partial charge on any atom is -0.387 e. The lowest BCUT2D eigenvalue weighted by Crippen LogP contribution is -2.30. The number of aryl methyl sites for hydroxylation is 1. The summed E-state index contributed by atoms with van der Waals surface area (Å²) in [4.78, 5) is 12.2. The number of benzene rings is 1. The van der Waals surface area contributed by atoms with Gasteiger partial charge in [-0.15, -0.1) is 0 Å². The number of nitrogens with zero attached hydrogens (tertiary/aromatic N) is 4. The molecule has 10 nitrogen and oxygen atoms in total. The molecule has 0 saturated carbocycles. The lowest BCUT2D eigenvalue weighted by atomic mass is 10.1. The van der Waals surface area contributed by atoms with Crippen LogP contribution in [0.25, 0.3) is 11.2 Å². The van der Waals surface area contributed by atoms with Crippen molar-refractivity contribution in [3.8, 4) is 0 Å². The fraction of sp³-hybridized carbons (Fsp3) is 0.278. The van der Waals surface area contributed by atoms with Crippen LogP contribution in [0.5, 0.6) is 0 Å². The van der Waals surface area contributed by atoms with Crippen LogP contribution in [-0.4, -0.2) is 56.5 Å². The molecule has 152 valence electrons. The third-order valence-corrected chi connectivity index (χ3v) is 6.18. The normalized spacial score (nSPS) is 25.2. The van der Waals surface area contributed by atoms with Gasteiger partial charge in [-0.05, 0) is 25.1 Å². The molecule has 1 saturated heterocycles. The van der Waals surface area contributed by atoms with Crippen LogP contribution in [0.4, 0.5) is 5.82 Å². The summed E-state index contributed by atoms with van der Waals surface area (Å²) in [7, 11) is -3.73. The third kappa shape index (κ3) is 3.49. The first-order chi connectivity index (χ1) is 13.8. The summed E-state index contributed by atoms with van der Waals surface area (Å²) in [5, 5.41) is 21.7. The molecular weight excluding hydrogens is 398 g/mol. The van der Waals surface area contributed by atoms with Gasteiger partial charge >= 0.3 is 0 Å². The lowest BCUT2D eigenvalue weighted by Gasteiger charge is -2.16. The van der Waals surface area contributed by atoms with Crippen molar-refractivity contribution in [1.29, 1.82) is 0 Å². The third-order valence-electron chi connectivity index (χ3n) is 4.73. The molecule has 0 spiro atoms. The maximum Gasteiger partial charge on any atom is 0.199 e. The highest BCUT2D eigenvalue weighted by molar-refractivity contribution is 7.94. The van der Waals surface area contributed by atoms with E-state index in [0.717, 1.165) is 11.0 Å². The number of nitrogens with two attached hydrogens (primary N) is 1. The van der Waals surface area contributed by atoms with Crippen molar-refractivity contribution in [2.24, 2.45) is 0 Å². The van der Waals surface area contributed by atoms with Crippen molar-refractivity contribution in [1.82, 2.24) is 19.5 Å². The minimum absolute atomic E-state index is 0.122. The van der Waals surface area contributed by atoms with E-state index in [1.165, 1.54) is 35.4 Å². The van der Waals surface area contributed by atoms with Crippen LogP contribution in [0.3, 0.4) is 0 Å². The molecule has 29 heavy (non-hydrogen) atoms. The molecule has 1 fully saturated rings. The van der Waals surface area contributed by atoms with Crippen LogP contribution in [0.15, 0.2) is 53.3 Å². The predicted molar refractivity (Wildman–Crippen MR) is 103 cm³/mol. The lowest BCUT2D eigenvalue weighted by molar-refractivity contribution is -0.0244. The van der Waals surface area contributed by atoms with E-state index in [4.69, 9.17) is 10.5 Å². The fourth-order valence-corrected chi connectivity index (χ4v) is 4.15. The quantitative estimate of drug-likeness (QED) is 0.544. The highest BCUT2D eigenvalue weighted by Crippen LogP contribution is 2.32. The van der Waals surface area contributed by atoms with Gasteiger partial charge in [-0.1, -0.05) is 17.7 Å². The smallest absolute Gasteiger partial charge is 0.199 e. The molecule has 3 heterocycles. The number of aromatic nitrogens is 4. The summed E-state index contributed by atoms with van der Waals surface area (Å²) in [5.41, 5.74) is 7.35. The Hall–Kier alpha value is -2.86. The second kappa shape index (κ2) is 7.19. The van der Waals surface area contributed by atoms with Crippen molar-refractivity contribution in [2.45, 2.75) is 36.4 Å². The van der Waals surface area contributed by atoms with Gasteiger partial charge in [0, 0.05) is 5.41 Å². The highest BCUT2D eigenvalue weighted by Gasteiger charge is 2.43. The Balaban J connectivity index is 1.59. The summed E-state index contributed by atoms with van der Waals surface area (Å²) < 4.78 is 32.1. The Bertz CT molecular complexity index is 1180. The van der Waals surface area contributed by atoms with E-state index >= 15 is 0 Å². The van der Waals surface area contributed by atoms with Gasteiger partial charge in [-0.2, -0.15) is 0 Å². The molecule has 1 aliphatic heterocycles. The van der Waals surface area contributed by atoms with E-state index in [2.05, 4.69) is 15.0 Å². The van der Waals surface area contributed by atoms with Crippen LogP contribution < -0.4 is 5.73 Å². The SMILES string of the molecule is Cc1ccc(S(=O)(=O)/C=C/[C@H]2O[C@@H](n3cnc4c(N)ncnc43)[C@H](O)[C@@H]2O)cc1. The van der Waals surface area contributed by atoms with E-state index < -0.39 is 34.4 Å². The summed E-state index contributed by atoms with van der Waals surface area (Å²) in [6.45, 7) is 1.86. The maximum absolute atomic E-state index is 12.5. The number of aliphatic hydroxyl groups is 2. The Morgan fingerprint density at radius 2 is 1.86 bits per heavy atom. The molecule has 3 aromatic rings. The molecule has 4 N–H and O–H groups in total. The first kappa shape index (κ1) is 19.5. The average Bonchev–Trinajstić information content (AvgIpc) is 3.24. The molecule has 4 rings (SSSR count). The monoisotopic (exact) mass is 417 g/mol. The van der Waals surface area contributed by atoms with E-state index in [-0.39, 0.29) is 10.7 Å². The number of fused-ring (bicyclic) bond motifs is 1. The number of hydrogen-bond acceptors (Lipinski definition) is 9. The maximum atomic E-state index is 12.5. The average molecular weight is 417 g/mol. The zero-order chi connectivity index (χ0) is 20.8. The van der Waals surface area contributed by atoms with Crippen molar-refractivity contribution >= 4 is 26.8 Å². The summed E-state index contributed by atoms with van der Waals surface area (Å²) >= 11 is 0. The number of imidazole rings is 1. The van der Waals surface area contributed by atoms with Gasteiger partial charge in [0.05, 0.1) is 11.2 Å². The van der Waals surface area contributed by atoms with Crippen LogP contribution >= 0.6 is 0 Å². The van der Waals surface area contributed by atoms with E-state index in [1.54, 1.807) is 12.1 Å². The standard InChI is InChI=1S/C18H19N5O5S/c1-10-2-4-11(5-3-10)29(26,27)7-6-12-14(24)15(25)18(28-12)23-9-22-13-16(19)20-8-21-17(13)23/h2-9,12,14-15,18,24-25H,1H3,(H2,19,20,21)/b7-6+/t12-,14-,15-,18-/m1/s1. The highest BCUT2D eigenvalue weighted by atomic mass is 32.2. The number of aliphatic hydroxyl groups excluding tert-OH is 2. The Kier molecular flexibility index (Phi) is 4.82. The summed E-state index contributed by atoms with van der Waals surface area (Å²) in [6, 6.07) is 6.39. The van der Waals surface area contributed by atoms with Crippen LogP contribution in [0, 0.1) is 6.92 Å². The zero-order valence-electron chi connectivity index (χ0n) is 15.3. The van der Waals surface area contributed by atoms with Gasteiger partial charge < -0.3 is 20.7 Å². The molecule has 0 radical (unpaired) electrons. The summed E-state index contributed by atoms with van der Waals surface area (Å²) in [6.07, 6.45) is -0.926. The van der Waals surface area contributed by atoms with Crippen molar-refractivity contribution in [2.75, 3.05) is 5.73 Å². The largest absolute Gasteiger partial charge is 0.387 e. The molecule has 0 amide bonds. The van der Waals surface area contributed by atoms with Crippen LogP contribution in [0.2, 0.25) is 0 Å². The van der Waals surface area contributed by atoms with Gasteiger partial charge in [0.2, 0.25) is 0 Å². The van der Waals surface area contributed by atoms with Crippen molar-refractivity contribution in [3.05, 3.63) is 54.0 Å². The molecule has 0 aliphatic carbocycles. The molecule has 4 atom stereocenters. The number of hydrogen-bond donors (Lipinski definition) is 3. The topological polar surface area (TPSA) is 153 Å². The molecule has 0 unspecified atom stereocenters. The summed E-state index contributed by atoms with van der Waals surface area (Å²) in [5.74, 6) is 0.169. The predicted octanol–water partition coefficient (Wildman–Crippen LogP) is 0.324.